The number of amides is 1. The van der Waals surface area contributed by atoms with Crippen LogP contribution in [0.25, 0.3) is 0 Å². The van der Waals surface area contributed by atoms with Gasteiger partial charge >= 0.3 is 6.18 Å². The zero-order chi connectivity index (χ0) is 33.3. The number of aromatic nitrogens is 2. The number of rotatable bonds is 9. The number of hydrogen-bond donors (Lipinski definition) is 2. The predicted octanol–water partition coefficient (Wildman–Crippen LogP) is 5.87. The van der Waals surface area contributed by atoms with Crippen LogP contribution in [0.15, 0.2) is 42.6 Å². The fourth-order valence-electron chi connectivity index (χ4n) is 7.11. The molecule has 1 amide bonds. The number of benzene rings is 2. The molecule has 12 heteroatoms. The summed E-state index contributed by atoms with van der Waals surface area (Å²) < 4.78 is 48.2. The van der Waals surface area contributed by atoms with E-state index < -0.39 is 17.2 Å². The number of fused-ring (bicyclic) bond motifs is 1. The number of alkyl halides is 3. The maximum absolute atomic E-state index is 14.1. The number of aryl methyl sites for hydroxylation is 2. The Morgan fingerprint density at radius 3 is 2.49 bits per heavy atom. The smallest absolute Gasteiger partial charge is 0.419 e. The Labute approximate surface area is 274 Å². The SMILES string of the molecule is CCOc1cc(N2CCN(C3CCN(C)CC3)CC2)ccc1Nc1ncc(C(F)(F)F)c(CCc2cccc3c2C(C)(C)C(=O)N3)n1. The number of nitrogens with one attached hydrogen (secondary N) is 2. The monoisotopic (exact) mass is 651 g/mol. The summed E-state index contributed by atoms with van der Waals surface area (Å²) in [4.78, 5) is 28.3. The molecule has 0 saturated carbocycles. The molecular weight excluding hydrogens is 607 g/mol. The number of likely N-dealkylation sites (tertiary alicyclic amines) is 1. The van der Waals surface area contributed by atoms with Crippen LogP contribution < -0.4 is 20.3 Å². The van der Waals surface area contributed by atoms with Gasteiger partial charge in [-0.3, -0.25) is 9.69 Å². The van der Waals surface area contributed by atoms with Gasteiger partial charge in [-0.15, -0.1) is 0 Å². The Bertz CT molecular complexity index is 1600. The van der Waals surface area contributed by atoms with E-state index in [0.717, 1.165) is 62.3 Å². The molecule has 3 aliphatic heterocycles. The van der Waals surface area contributed by atoms with Gasteiger partial charge in [0, 0.05) is 55.9 Å². The number of hydrogen-bond acceptors (Lipinski definition) is 8. The summed E-state index contributed by atoms with van der Waals surface area (Å²) in [5, 5.41) is 6.00. The molecule has 9 nitrogen and oxygen atoms in total. The van der Waals surface area contributed by atoms with Gasteiger partial charge in [-0.05, 0) is 95.9 Å². The Balaban J connectivity index is 1.18. The molecule has 2 N–H and O–H groups in total. The second kappa shape index (κ2) is 13.3. The molecule has 3 aromatic rings. The zero-order valence-electron chi connectivity index (χ0n) is 27.6. The fraction of sp³-hybridized carbons (Fsp3) is 0.514. The van der Waals surface area contributed by atoms with Gasteiger partial charge in [0.1, 0.15) is 5.75 Å². The molecule has 0 spiro atoms. The molecule has 4 heterocycles. The third-order valence-electron chi connectivity index (χ3n) is 9.79. The Morgan fingerprint density at radius 1 is 1.04 bits per heavy atom. The maximum Gasteiger partial charge on any atom is 0.419 e. The van der Waals surface area contributed by atoms with E-state index in [9.17, 15) is 18.0 Å². The number of carbonyl (C=O) groups excluding carboxylic acids is 1. The van der Waals surface area contributed by atoms with Gasteiger partial charge in [-0.2, -0.15) is 13.2 Å². The molecule has 1 aromatic heterocycles. The van der Waals surface area contributed by atoms with Crippen molar-refractivity contribution < 1.29 is 22.7 Å². The summed E-state index contributed by atoms with van der Waals surface area (Å²) in [5.74, 6) is 0.520. The normalized spacial score (nSPS) is 19.0. The number of carbonyl (C=O) groups is 1. The Morgan fingerprint density at radius 2 is 1.79 bits per heavy atom. The number of ether oxygens (including phenoxy) is 1. The van der Waals surface area contributed by atoms with Crippen LogP contribution in [-0.4, -0.2) is 84.6 Å². The first kappa shape index (κ1) is 33.0. The fourth-order valence-corrected chi connectivity index (χ4v) is 7.11. The number of piperazine rings is 1. The molecule has 252 valence electrons. The van der Waals surface area contributed by atoms with Crippen molar-refractivity contribution in [1.82, 2.24) is 19.8 Å². The molecule has 0 radical (unpaired) electrons. The van der Waals surface area contributed by atoms with E-state index in [-0.39, 0.29) is 30.4 Å². The van der Waals surface area contributed by atoms with Gasteiger partial charge in [0.05, 0.1) is 29.0 Å². The van der Waals surface area contributed by atoms with Crippen LogP contribution in [-0.2, 0) is 29.2 Å². The van der Waals surface area contributed by atoms with E-state index in [1.807, 2.05) is 57.2 Å². The third kappa shape index (κ3) is 7.03. The minimum Gasteiger partial charge on any atom is -0.492 e. The highest BCUT2D eigenvalue weighted by molar-refractivity contribution is 6.06. The summed E-state index contributed by atoms with van der Waals surface area (Å²) in [6, 6.07) is 12.0. The highest BCUT2D eigenvalue weighted by Gasteiger charge is 2.40. The zero-order valence-corrected chi connectivity index (χ0v) is 27.6. The number of halogens is 3. The van der Waals surface area contributed by atoms with Crippen molar-refractivity contribution in [2.24, 2.45) is 0 Å². The van der Waals surface area contributed by atoms with Gasteiger partial charge in [0.25, 0.3) is 0 Å². The first-order chi connectivity index (χ1) is 22.4. The Hall–Kier alpha value is -3.90. The first-order valence-corrected chi connectivity index (χ1v) is 16.5. The average Bonchev–Trinajstić information content (AvgIpc) is 3.28. The van der Waals surface area contributed by atoms with Crippen LogP contribution in [0.4, 0.5) is 36.2 Å². The van der Waals surface area contributed by atoms with Crippen LogP contribution in [0.5, 0.6) is 5.75 Å². The van der Waals surface area contributed by atoms with E-state index in [4.69, 9.17) is 4.74 Å². The number of piperidine rings is 1. The van der Waals surface area contributed by atoms with E-state index in [2.05, 4.69) is 42.3 Å². The lowest BCUT2D eigenvalue weighted by atomic mass is 9.82. The lowest BCUT2D eigenvalue weighted by molar-refractivity contribution is -0.138. The number of anilines is 4. The van der Waals surface area contributed by atoms with Crippen LogP contribution in [0.3, 0.4) is 0 Å². The van der Waals surface area contributed by atoms with Crippen molar-refractivity contribution in [3.8, 4) is 5.75 Å². The van der Waals surface area contributed by atoms with Crippen LogP contribution in [0.2, 0.25) is 0 Å². The molecule has 47 heavy (non-hydrogen) atoms. The second-order valence-corrected chi connectivity index (χ2v) is 13.3. The van der Waals surface area contributed by atoms with Gasteiger partial charge in [-0.1, -0.05) is 12.1 Å². The first-order valence-electron chi connectivity index (χ1n) is 16.5. The highest BCUT2D eigenvalue weighted by atomic mass is 19.4. The minimum atomic E-state index is -4.61. The van der Waals surface area contributed by atoms with E-state index >= 15 is 0 Å². The van der Waals surface area contributed by atoms with Crippen molar-refractivity contribution in [2.45, 2.75) is 64.1 Å². The Kier molecular flexibility index (Phi) is 9.35. The molecule has 3 aliphatic rings. The van der Waals surface area contributed by atoms with Gasteiger partial charge in [0.15, 0.2) is 0 Å². The number of nitrogens with zero attached hydrogens (tertiary/aromatic N) is 5. The van der Waals surface area contributed by atoms with Crippen molar-refractivity contribution in [3.05, 3.63) is 65.0 Å². The summed E-state index contributed by atoms with van der Waals surface area (Å²) in [5.41, 5.74) is 2.19. The van der Waals surface area contributed by atoms with Crippen molar-refractivity contribution in [2.75, 3.05) is 68.5 Å². The summed E-state index contributed by atoms with van der Waals surface area (Å²) >= 11 is 0. The van der Waals surface area contributed by atoms with E-state index in [0.29, 0.717) is 29.8 Å². The van der Waals surface area contributed by atoms with Crippen molar-refractivity contribution in [3.63, 3.8) is 0 Å². The van der Waals surface area contributed by atoms with Crippen molar-refractivity contribution >= 4 is 28.9 Å². The largest absolute Gasteiger partial charge is 0.492 e. The lowest BCUT2D eigenvalue weighted by Gasteiger charge is -2.43. The van der Waals surface area contributed by atoms with Crippen LogP contribution >= 0.6 is 0 Å². The quantitative estimate of drug-likeness (QED) is 0.297. The molecule has 2 saturated heterocycles. The third-order valence-corrected chi connectivity index (χ3v) is 9.79. The highest BCUT2D eigenvalue weighted by Crippen LogP contribution is 2.41. The van der Waals surface area contributed by atoms with Crippen molar-refractivity contribution in [1.29, 1.82) is 0 Å². The lowest BCUT2D eigenvalue weighted by Crippen LogP contribution is -2.53. The molecule has 0 bridgehead atoms. The standard InChI is InChI=1S/C35H44F3N7O2/c1-5-47-30-21-25(45-19-17-44(18-20-45)24-13-15-43(4)16-14-24)10-12-28(30)42-33-39-22-26(35(36,37)38)27(41-33)11-9-23-7-6-8-29-31(23)34(2,3)32(46)40-29/h6-8,10,12,21-22,24H,5,9,11,13-20H2,1-4H3,(H,40,46)(H,39,41,42). The second-order valence-electron chi connectivity index (χ2n) is 13.3. The summed E-state index contributed by atoms with van der Waals surface area (Å²) in [6.45, 7) is 12.1. The average molecular weight is 652 g/mol. The topological polar surface area (TPSA) is 85.9 Å². The molecule has 6 rings (SSSR count). The summed E-state index contributed by atoms with van der Waals surface area (Å²) in [6.07, 6.45) is -1.04. The molecule has 2 aromatic carbocycles. The summed E-state index contributed by atoms with van der Waals surface area (Å²) in [7, 11) is 2.19. The molecular formula is C35H44F3N7O2. The van der Waals surface area contributed by atoms with E-state index in [1.54, 1.807) is 0 Å². The predicted molar refractivity (Wildman–Crippen MR) is 178 cm³/mol. The maximum atomic E-state index is 14.1. The molecule has 0 aliphatic carbocycles. The van der Waals surface area contributed by atoms with Gasteiger partial charge in [0.2, 0.25) is 11.9 Å². The molecule has 0 atom stereocenters. The molecule has 2 fully saturated rings. The van der Waals surface area contributed by atoms with Gasteiger partial charge in [-0.25, -0.2) is 9.97 Å². The van der Waals surface area contributed by atoms with Crippen LogP contribution in [0, 0.1) is 0 Å². The molecule has 0 unspecified atom stereocenters. The van der Waals surface area contributed by atoms with E-state index in [1.165, 1.54) is 12.8 Å². The van der Waals surface area contributed by atoms with Gasteiger partial charge < -0.3 is 25.2 Å². The van der Waals surface area contributed by atoms with Crippen LogP contribution in [0.1, 0.15) is 56.0 Å². The minimum absolute atomic E-state index is 0.0214.